The van der Waals surface area contributed by atoms with E-state index in [0.717, 1.165) is 16.7 Å². The van der Waals surface area contributed by atoms with Crippen LogP contribution in [0.3, 0.4) is 0 Å². The summed E-state index contributed by atoms with van der Waals surface area (Å²) in [4.78, 5) is 0. The lowest BCUT2D eigenvalue weighted by Crippen LogP contribution is -2.38. The molecule has 6 nitrogen and oxygen atoms in total. The van der Waals surface area contributed by atoms with Crippen molar-refractivity contribution in [2.75, 3.05) is 0 Å². The van der Waals surface area contributed by atoms with Crippen LogP contribution in [0.5, 0.6) is 0 Å². The third-order valence-electron chi connectivity index (χ3n) is 5.16. The number of nitrogens with zero attached hydrogens (tertiary/aromatic N) is 5. The van der Waals surface area contributed by atoms with E-state index in [0.29, 0.717) is 16.4 Å². The van der Waals surface area contributed by atoms with E-state index in [-0.39, 0.29) is 0 Å². The van der Waals surface area contributed by atoms with Gasteiger partial charge in [-0.15, -0.1) is 5.10 Å². The van der Waals surface area contributed by atoms with E-state index < -0.39 is 5.54 Å². The summed E-state index contributed by atoms with van der Waals surface area (Å²) >= 11 is 6.78. The van der Waals surface area contributed by atoms with Crippen LogP contribution in [0.4, 0.5) is 0 Å². The lowest BCUT2D eigenvalue weighted by molar-refractivity contribution is 0.446. The zero-order chi connectivity index (χ0) is 20.4. The Morgan fingerprint density at radius 1 is 0.767 bits per heavy atom. The van der Waals surface area contributed by atoms with Crippen molar-refractivity contribution in [3.05, 3.63) is 119 Å². The van der Waals surface area contributed by atoms with E-state index in [4.69, 9.17) is 11.6 Å². The van der Waals surface area contributed by atoms with Crippen molar-refractivity contribution in [1.29, 1.82) is 0 Å². The topological polar surface area (TPSA) is 72.3 Å². The Balaban J connectivity index is 1.87. The van der Waals surface area contributed by atoms with Crippen LogP contribution in [-0.4, -0.2) is 30.4 Å². The average Bonchev–Trinajstić information content (AvgIpc) is 3.50. The number of halogens is 1. The van der Waals surface area contributed by atoms with Gasteiger partial charge in [0, 0.05) is 10.6 Å². The molecule has 0 aliphatic rings. The smallest absolute Gasteiger partial charge is 0.141 e. The zero-order valence-electron chi connectivity index (χ0n) is 15.9. The summed E-state index contributed by atoms with van der Waals surface area (Å²) in [5, 5.41) is 20.2. The fourth-order valence-corrected chi connectivity index (χ4v) is 4.12. The molecule has 0 unspecified atom stereocenters. The van der Waals surface area contributed by atoms with Gasteiger partial charge in [0.25, 0.3) is 0 Å². The predicted octanol–water partition coefficient (Wildman–Crippen LogP) is 4.56. The molecule has 0 aliphatic carbocycles. The average molecular weight is 413 g/mol. The Hall–Kier alpha value is -3.77. The maximum absolute atomic E-state index is 6.78. The largest absolute Gasteiger partial charge is 0.232 e. The minimum Gasteiger partial charge on any atom is -0.232 e. The summed E-state index contributed by atoms with van der Waals surface area (Å²) in [6, 6.07) is 28.2. The molecule has 3 aromatic carbocycles. The number of hydrogen-bond donors (Lipinski definition) is 1. The molecule has 2 aromatic heterocycles. The Morgan fingerprint density at radius 3 is 2.00 bits per heavy atom. The molecule has 1 N–H and O–H groups in total. The highest BCUT2D eigenvalue weighted by molar-refractivity contribution is 6.31. The van der Waals surface area contributed by atoms with E-state index >= 15 is 0 Å². The SMILES string of the molecule is Clc1ccccc1C(c1ccccc1)(c1ccccc1)n1cc(-c2cn[nH]n2)nn1. The van der Waals surface area contributed by atoms with E-state index in [1.165, 1.54) is 0 Å². The first kappa shape index (κ1) is 18.3. The molecule has 0 atom stereocenters. The normalized spacial score (nSPS) is 11.5. The lowest BCUT2D eigenvalue weighted by atomic mass is 9.77. The third kappa shape index (κ3) is 2.89. The van der Waals surface area contributed by atoms with Crippen molar-refractivity contribution in [1.82, 2.24) is 30.4 Å². The van der Waals surface area contributed by atoms with Crippen LogP contribution in [0.2, 0.25) is 5.02 Å². The quantitative estimate of drug-likeness (QED) is 0.429. The number of rotatable bonds is 5. The highest BCUT2D eigenvalue weighted by Crippen LogP contribution is 2.43. The maximum atomic E-state index is 6.78. The van der Waals surface area contributed by atoms with Crippen LogP contribution in [0.1, 0.15) is 16.7 Å². The summed E-state index contributed by atoms with van der Waals surface area (Å²) in [6.07, 6.45) is 3.50. The molecular formula is C23H17ClN6. The van der Waals surface area contributed by atoms with Gasteiger partial charge in [0.1, 0.15) is 16.9 Å². The highest BCUT2D eigenvalue weighted by atomic mass is 35.5. The van der Waals surface area contributed by atoms with Gasteiger partial charge < -0.3 is 0 Å². The Labute approximate surface area is 178 Å². The van der Waals surface area contributed by atoms with Crippen molar-refractivity contribution >= 4 is 11.6 Å². The second kappa shape index (κ2) is 7.57. The fourth-order valence-electron chi connectivity index (χ4n) is 3.85. The molecule has 0 fully saturated rings. The van der Waals surface area contributed by atoms with Crippen molar-refractivity contribution in [2.24, 2.45) is 0 Å². The van der Waals surface area contributed by atoms with Gasteiger partial charge in [0.2, 0.25) is 0 Å². The first-order valence-corrected chi connectivity index (χ1v) is 9.83. The van der Waals surface area contributed by atoms with Gasteiger partial charge in [-0.05, 0) is 17.2 Å². The molecule has 0 aliphatic heterocycles. The molecule has 0 saturated heterocycles. The summed E-state index contributed by atoms with van der Waals surface area (Å²) in [6.45, 7) is 0. The van der Waals surface area contributed by atoms with Crippen LogP contribution in [0, 0.1) is 0 Å². The maximum Gasteiger partial charge on any atom is 0.141 e. The molecule has 30 heavy (non-hydrogen) atoms. The molecule has 0 bridgehead atoms. The van der Waals surface area contributed by atoms with Gasteiger partial charge in [0.05, 0.1) is 12.4 Å². The number of aromatic nitrogens is 6. The minimum atomic E-state index is -0.824. The number of aromatic amines is 1. The summed E-state index contributed by atoms with van der Waals surface area (Å²) < 4.78 is 1.85. The predicted molar refractivity (Wildman–Crippen MR) is 115 cm³/mol. The molecule has 7 heteroatoms. The minimum absolute atomic E-state index is 0.618. The highest BCUT2D eigenvalue weighted by Gasteiger charge is 2.41. The monoisotopic (exact) mass is 412 g/mol. The van der Waals surface area contributed by atoms with E-state index in [2.05, 4.69) is 50.0 Å². The van der Waals surface area contributed by atoms with Crippen molar-refractivity contribution in [3.63, 3.8) is 0 Å². The van der Waals surface area contributed by atoms with Crippen LogP contribution >= 0.6 is 11.6 Å². The van der Waals surface area contributed by atoms with Crippen LogP contribution < -0.4 is 0 Å². The molecule has 5 aromatic rings. The number of hydrogen-bond acceptors (Lipinski definition) is 4. The van der Waals surface area contributed by atoms with Gasteiger partial charge in [0.15, 0.2) is 0 Å². The first-order valence-electron chi connectivity index (χ1n) is 9.45. The van der Waals surface area contributed by atoms with Crippen LogP contribution in [0.25, 0.3) is 11.4 Å². The third-order valence-corrected chi connectivity index (χ3v) is 5.49. The fraction of sp³-hybridized carbons (Fsp3) is 0.0435. The molecule has 0 saturated carbocycles. The molecule has 146 valence electrons. The lowest BCUT2D eigenvalue weighted by Gasteiger charge is -2.36. The van der Waals surface area contributed by atoms with E-state index in [1.807, 2.05) is 71.5 Å². The van der Waals surface area contributed by atoms with Gasteiger partial charge in [-0.25, -0.2) is 4.68 Å². The molecule has 0 radical (unpaired) electrons. The van der Waals surface area contributed by atoms with Gasteiger partial charge in [-0.1, -0.05) is 95.7 Å². The molecule has 5 rings (SSSR count). The second-order valence-corrected chi connectivity index (χ2v) is 7.23. The van der Waals surface area contributed by atoms with Crippen LogP contribution in [0.15, 0.2) is 97.3 Å². The summed E-state index contributed by atoms with van der Waals surface area (Å²) in [5.41, 5.74) is 3.35. The van der Waals surface area contributed by atoms with Crippen LogP contribution in [-0.2, 0) is 5.54 Å². The number of H-pyrrole nitrogens is 1. The second-order valence-electron chi connectivity index (χ2n) is 6.83. The molecular weight excluding hydrogens is 396 g/mol. The molecule has 0 spiro atoms. The van der Waals surface area contributed by atoms with Gasteiger partial charge in [-0.3, -0.25) is 0 Å². The Morgan fingerprint density at radius 2 is 1.40 bits per heavy atom. The summed E-state index contributed by atoms with van der Waals surface area (Å²) in [5.74, 6) is 0. The Bertz CT molecular complexity index is 1210. The molecule has 2 heterocycles. The van der Waals surface area contributed by atoms with Gasteiger partial charge in [-0.2, -0.15) is 15.4 Å². The summed E-state index contributed by atoms with van der Waals surface area (Å²) in [7, 11) is 0. The van der Waals surface area contributed by atoms with E-state index in [9.17, 15) is 0 Å². The van der Waals surface area contributed by atoms with Crippen molar-refractivity contribution < 1.29 is 0 Å². The van der Waals surface area contributed by atoms with E-state index in [1.54, 1.807) is 6.20 Å². The van der Waals surface area contributed by atoms with Crippen molar-refractivity contribution in [3.8, 4) is 11.4 Å². The zero-order valence-corrected chi connectivity index (χ0v) is 16.6. The van der Waals surface area contributed by atoms with Crippen molar-refractivity contribution in [2.45, 2.75) is 5.54 Å². The first-order chi connectivity index (χ1) is 14.8. The number of benzene rings is 3. The number of nitrogens with one attached hydrogen (secondary N) is 1. The van der Waals surface area contributed by atoms with Gasteiger partial charge >= 0.3 is 0 Å². The standard InChI is InChI=1S/C23H17ClN6/c24-20-14-8-7-13-19(20)23(17-9-3-1-4-10-17,18-11-5-2-6-12-18)30-16-22(27-29-30)21-15-25-28-26-21/h1-16H,(H,25,26,28). The Kier molecular flexibility index (Phi) is 4.61. The molecule has 0 amide bonds.